The van der Waals surface area contributed by atoms with Crippen LogP contribution in [0.4, 0.5) is 0 Å². The molecule has 0 aliphatic heterocycles. The van der Waals surface area contributed by atoms with E-state index in [0.29, 0.717) is 0 Å². The summed E-state index contributed by atoms with van der Waals surface area (Å²) in [6.45, 7) is 2.35. The van der Waals surface area contributed by atoms with Gasteiger partial charge in [-0.05, 0) is 5.92 Å². The van der Waals surface area contributed by atoms with Gasteiger partial charge in [0.25, 0.3) is 0 Å². The summed E-state index contributed by atoms with van der Waals surface area (Å²) in [5.74, 6) is 1.06. The maximum absolute atomic E-state index is 2.35. The van der Waals surface area contributed by atoms with Crippen molar-refractivity contribution in [2.24, 2.45) is 5.92 Å². The molecule has 0 N–H and O–H groups in total. The Morgan fingerprint density at radius 2 is 0.941 bits per heavy atom. The average Bonchev–Trinajstić information content (AvgIpc) is 2.34. The van der Waals surface area contributed by atoms with E-state index in [9.17, 15) is 0 Å². The molecule has 17 heavy (non-hydrogen) atoms. The Kier molecular flexibility index (Phi) is 9.84. The van der Waals surface area contributed by atoms with E-state index in [1.54, 1.807) is 0 Å². The molecule has 0 radical (unpaired) electrons. The third-order valence-electron chi connectivity index (χ3n) is 4.42. The predicted octanol–water partition coefficient (Wildman–Crippen LogP) is 6.49. The summed E-state index contributed by atoms with van der Waals surface area (Å²) in [6, 6.07) is 0. The quantitative estimate of drug-likeness (QED) is 0.516. The fraction of sp³-hybridized carbons (Fsp3) is 1.00. The van der Waals surface area contributed by atoms with Crippen LogP contribution in [0.3, 0.4) is 0 Å². The number of hydrogen-bond donors (Lipinski definition) is 0. The summed E-state index contributed by atoms with van der Waals surface area (Å²) in [5.41, 5.74) is 0. The second kappa shape index (κ2) is 11.1. The summed E-state index contributed by atoms with van der Waals surface area (Å²) in [7, 11) is 0. The highest BCUT2D eigenvalue weighted by Crippen LogP contribution is 2.23. The van der Waals surface area contributed by atoms with Crippen LogP contribution in [0.25, 0.3) is 0 Å². The van der Waals surface area contributed by atoms with Gasteiger partial charge in [0, 0.05) is 0 Å². The molecule has 0 aromatic heterocycles. The Morgan fingerprint density at radius 1 is 0.588 bits per heavy atom. The molecule has 0 nitrogen and oxygen atoms in total. The van der Waals surface area contributed by atoms with Crippen molar-refractivity contribution in [3.05, 3.63) is 0 Å². The van der Waals surface area contributed by atoms with Gasteiger partial charge < -0.3 is 0 Å². The summed E-state index contributed by atoms with van der Waals surface area (Å²) < 4.78 is 0. The third-order valence-corrected chi connectivity index (χ3v) is 4.42. The largest absolute Gasteiger partial charge is 0.0654 e. The summed E-state index contributed by atoms with van der Waals surface area (Å²) in [5, 5.41) is 0. The lowest BCUT2D eigenvalue weighted by Crippen LogP contribution is -2.01. The van der Waals surface area contributed by atoms with Crippen LogP contribution in [0.15, 0.2) is 0 Å². The van der Waals surface area contributed by atoms with E-state index in [-0.39, 0.29) is 0 Å². The van der Waals surface area contributed by atoms with Crippen LogP contribution < -0.4 is 0 Å². The number of rotatable bonds is 2. The van der Waals surface area contributed by atoms with Crippen molar-refractivity contribution >= 4 is 0 Å². The zero-order valence-corrected chi connectivity index (χ0v) is 12.2. The fourth-order valence-electron chi connectivity index (χ4n) is 3.30. The van der Waals surface area contributed by atoms with E-state index in [1.165, 1.54) is 96.3 Å². The lowest BCUT2D eigenvalue weighted by Gasteiger charge is -2.16. The van der Waals surface area contributed by atoms with Crippen molar-refractivity contribution in [1.82, 2.24) is 0 Å². The van der Waals surface area contributed by atoms with E-state index in [4.69, 9.17) is 0 Å². The van der Waals surface area contributed by atoms with E-state index in [2.05, 4.69) is 6.92 Å². The minimum Gasteiger partial charge on any atom is -0.0654 e. The Labute approximate surface area is 110 Å². The van der Waals surface area contributed by atoms with Gasteiger partial charge in [0.15, 0.2) is 0 Å². The van der Waals surface area contributed by atoms with Crippen LogP contribution in [-0.4, -0.2) is 0 Å². The smallest absolute Gasteiger partial charge is 0.0414 e. The molecule has 1 rings (SSSR count). The van der Waals surface area contributed by atoms with Gasteiger partial charge in [-0.2, -0.15) is 0 Å². The SMILES string of the molecule is CCCC1CCCCCCCCCCCCC1. The Bertz CT molecular complexity index is 136. The van der Waals surface area contributed by atoms with E-state index >= 15 is 0 Å². The highest BCUT2D eigenvalue weighted by Gasteiger charge is 2.07. The van der Waals surface area contributed by atoms with Gasteiger partial charge in [-0.3, -0.25) is 0 Å². The van der Waals surface area contributed by atoms with Crippen LogP contribution in [0.1, 0.15) is 103 Å². The molecule has 0 aromatic rings. The molecule has 0 bridgehead atoms. The molecule has 0 saturated heterocycles. The van der Waals surface area contributed by atoms with Gasteiger partial charge in [0.05, 0.1) is 0 Å². The topological polar surface area (TPSA) is 0 Å². The highest BCUT2D eigenvalue weighted by molar-refractivity contribution is 4.61. The van der Waals surface area contributed by atoms with Crippen LogP contribution in [0.5, 0.6) is 0 Å². The van der Waals surface area contributed by atoms with Crippen molar-refractivity contribution in [2.45, 2.75) is 103 Å². The molecule has 1 fully saturated rings. The Morgan fingerprint density at radius 3 is 1.29 bits per heavy atom. The van der Waals surface area contributed by atoms with Gasteiger partial charge in [-0.25, -0.2) is 0 Å². The molecule has 102 valence electrons. The molecule has 1 saturated carbocycles. The molecule has 0 heteroatoms. The summed E-state index contributed by atoms with van der Waals surface area (Å²) in [4.78, 5) is 0. The van der Waals surface area contributed by atoms with Gasteiger partial charge in [-0.1, -0.05) is 103 Å². The standard InChI is InChI=1S/C17H34/c1-2-14-17-15-12-10-8-6-4-3-5-7-9-11-13-16-17/h17H,2-16H2,1H3. The Balaban J connectivity index is 2.19. The predicted molar refractivity (Wildman–Crippen MR) is 78.4 cm³/mol. The molecule has 0 spiro atoms. The van der Waals surface area contributed by atoms with Crippen LogP contribution in [0.2, 0.25) is 0 Å². The summed E-state index contributed by atoms with van der Waals surface area (Å²) in [6.07, 6.45) is 22.4. The monoisotopic (exact) mass is 238 g/mol. The first-order chi connectivity index (χ1) is 8.43. The van der Waals surface area contributed by atoms with Crippen molar-refractivity contribution in [1.29, 1.82) is 0 Å². The second-order valence-electron chi connectivity index (χ2n) is 6.12. The fourth-order valence-corrected chi connectivity index (χ4v) is 3.30. The van der Waals surface area contributed by atoms with Crippen molar-refractivity contribution in [2.75, 3.05) is 0 Å². The molecule has 1 aliphatic carbocycles. The first-order valence-corrected chi connectivity index (χ1v) is 8.43. The van der Waals surface area contributed by atoms with Crippen LogP contribution >= 0.6 is 0 Å². The van der Waals surface area contributed by atoms with Gasteiger partial charge >= 0.3 is 0 Å². The molecule has 1 aliphatic rings. The zero-order chi connectivity index (χ0) is 12.2. The first-order valence-electron chi connectivity index (χ1n) is 8.43. The zero-order valence-electron chi connectivity index (χ0n) is 12.2. The van der Waals surface area contributed by atoms with Gasteiger partial charge in [-0.15, -0.1) is 0 Å². The third kappa shape index (κ3) is 8.69. The second-order valence-corrected chi connectivity index (χ2v) is 6.12. The minimum absolute atomic E-state index is 1.06. The van der Waals surface area contributed by atoms with E-state index in [0.717, 1.165) is 5.92 Å². The number of hydrogen-bond acceptors (Lipinski definition) is 0. The molecule has 0 unspecified atom stereocenters. The van der Waals surface area contributed by atoms with Crippen molar-refractivity contribution in [3.63, 3.8) is 0 Å². The van der Waals surface area contributed by atoms with Crippen molar-refractivity contribution in [3.8, 4) is 0 Å². The minimum atomic E-state index is 1.06. The maximum atomic E-state index is 2.35. The molecule has 0 amide bonds. The Hall–Kier alpha value is 0. The van der Waals surface area contributed by atoms with Crippen molar-refractivity contribution < 1.29 is 0 Å². The molecule has 0 aromatic carbocycles. The maximum Gasteiger partial charge on any atom is -0.0414 e. The van der Waals surface area contributed by atoms with Crippen LogP contribution in [0, 0.1) is 5.92 Å². The van der Waals surface area contributed by atoms with Crippen LogP contribution in [-0.2, 0) is 0 Å². The molecule has 0 heterocycles. The van der Waals surface area contributed by atoms with E-state index in [1.807, 2.05) is 0 Å². The molecular formula is C17H34. The lowest BCUT2D eigenvalue weighted by atomic mass is 9.90. The lowest BCUT2D eigenvalue weighted by molar-refractivity contribution is 0.374. The highest BCUT2D eigenvalue weighted by atomic mass is 14.1. The van der Waals surface area contributed by atoms with E-state index < -0.39 is 0 Å². The summed E-state index contributed by atoms with van der Waals surface area (Å²) >= 11 is 0. The first kappa shape index (κ1) is 15.1. The average molecular weight is 238 g/mol. The van der Waals surface area contributed by atoms with Gasteiger partial charge in [0.2, 0.25) is 0 Å². The molecule has 0 atom stereocenters. The molecular weight excluding hydrogens is 204 g/mol. The van der Waals surface area contributed by atoms with Gasteiger partial charge in [0.1, 0.15) is 0 Å². The normalized spacial score (nSPS) is 23.1.